The minimum atomic E-state index is -0.0267. The van der Waals surface area contributed by atoms with Gasteiger partial charge in [-0.2, -0.15) is 0 Å². The van der Waals surface area contributed by atoms with Gasteiger partial charge in [0, 0.05) is 24.1 Å². The SMILES string of the molecule is COc1ccc(NC(=O)CSc2nccn2C2CCCC2)cc1. The number of aromatic nitrogens is 2. The molecular weight excluding hydrogens is 310 g/mol. The number of nitrogens with one attached hydrogen (secondary N) is 1. The van der Waals surface area contributed by atoms with Crippen molar-refractivity contribution in [1.82, 2.24) is 9.55 Å². The summed E-state index contributed by atoms with van der Waals surface area (Å²) in [5, 5.41) is 3.82. The topological polar surface area (TPSA) is 56.1 Å². The van der Waals surface area contributed by atoms with Crippen LogP contribution in [0.15, 0.2) is 41.8 Å². The van der Waals surface area contributed by atoms with Crippen LogP contribution < -0.4 is 10.1 Å². The first-order valence-corrected chi connectivity index (χ1v) is 8.84. The number of amides is 1. The highest BCUT2D eigenvalue weighted by Crippen LogP contribution is 2.32. The number of hydrogen-bond donors (Lipinski definition) is 1. The van der Waals surface area contributed by atoms with Gasteiger partial charge in [0.05, 0.1) is 12.9 Å². The van der Waals surface area contributed by atoms with E-state index in [1.807, 2.05) is 36.7 Å². The third-order valence-corrected chi connectivity index (χ3v) is 5.04. The Morgan fingerprint density at radius 1 is 1.35 bits per heavy atom. The summed E-state index contributed by atoms with van der Waals surface area (Å²) in [6.45, 7) is 0. The first-order valence-electron chi connectivity index (χ1n) is 7.86. The van der Waals surface area contributed by atoms with E-state index in [-0.39, 0.29) is 5.91 Å². The second-order valence-electron chi connectivity index (χ2n) is 5.62. The van der Waals surface area contributed by atoms with Gasteiger partial charge < -0.3 is 14.6 Å². The Hall–Kier alpha value is -1.95. The van der Waals surface area contributed by atoms with Crippen LogP contribution in [0, 0.1) is 0 Å². The minimum absolute atomic E-state index is 0.0267. The lowest BCUT2D eigenvalue weighted by Crippen LogP contribution is -2.15. The van der Waals surface area contributed by atoms with Gasteiger partial charge in [-0.3, -0.25) is 4.79 Å². The van der Waals surface area contributed by atoms with Crippen LogP contribution in [0.4, 0.5) is 5.69 Å². The summed E-state index contributed by atoms with van der Waals surface area (Å²) in [5.41, 5.74) is 0.774. The Bertz CT molecular complexity index is 648. The van der Waals surface area contributed by atoms with Gasteiger partial charge in [0.25, 0.3) is 0 Å². The number of imidazole rings is 1. The number of rotatable bonds is 6. The molecule has 1 aromatic carbocycles. The molecule has 0 bridgehead atoms. The first-order chi connectivity index (χ1) is 11.3. The van der Waals surface area contributed by atoms with Crippen LogP contribution in [0.1, 0.15) is 31.7 Å². The number of nitrogens with zero attached hydrogens (tertiary/aromatic N) is 2. The quantitative estimate of drug-likeness (QED) is 0.819. The molecule has 1 N–H and O–H groups in total. The summed E-state index contributed by atoms with van der Waals surface area (Å²) >= 11 is 1.49. The molecule has 1 heterocycles. The lowest BCUT2D eigenvalue weighted by molar-refractivity contribution is -0.113. The maximum Gasteiger partial charge on any atom is 0.234 e. The number of carbonyl (C=O) groups excluding carboxylic acids is 1. The van der Waals surface area contributed by atoms with Gasteiger partial charge in [-0.1, -0.05) is 24.6 Å². The molecule has 1 fully saturated rings. The Labute approximate surface area is 140 Å². The van der Waals surface area contributed by atoms with Crippen LogP contribution in [-0.2, 0) is 4.79 Å². The van der Waals surface area contributed by atoms with Crippen molar-refractivity contribution in [3.63, 3.8) is 0 Å². The minimum Gasteiger partial charge on any atom is -0.497 e. The van der Waals surface area contributed by atoms with Gasteiger partial charge in [-0.25, -0.2) is 4.98 Å². The van der Waals surface area contributed by atoms with Crippen molar-refractivity contribution in [3.8, 4) is 5.75 Å². The zero-order valence-corrected chi connectivity index (χ0v) is 14.0. The maximum atomic E-state index is 12.1. The number of methoxy groups -OCH3 is 1. The Kier molecular flexibility index (Phi) is 5.23. The number of carbonyl (C=O) groups is 1. The van der Waals surface area contributed by atoms with Crippen LogP contribution in [0.3, 0.4) is 0 Å². The van der Waals surface area contributed by atoms with Gasteiger partial charge >= 0.3 is 0 Å². The molecule has 0 unspecified atom stereocenters. The zero-order chi connectivity index (χ0) is 16.1. The molecule has 0 saturated heterocycles. The predicted molar refractivity (Wildman–Crippen MR) is 92.1 cm³/mol. The highest BCUT2D eigenvalue weighted by Gasteiger charge is 2.19. The standard InChI is InChI=1S/C17H21N3O2S/c1-22-15-8-6-13(7-9-15)19-16(21)12-23-17-18-10-11-20(17)14-4-2-3-5-14/h6-11,14H,2-5,12H2,1H3,(H,19,21). The van der Waals surface area contributed by atoms with Gasteiger partial charge in [-0.15, -0.1) is 0 Å². The van der Waals surface area contributed by atoms with E-state index in [4.69, 9.17) is 4.74 Å². The molecule has 122 valence electrons. The van der Waals surface area contributed by atoms with E-state index in [0.717, 1.165) is 16.6 Å². The second-order valence-corrected chi connectivity index (χ2v) is 6.56. The van der Waals surface area contributed by atoms with Crippen LogP contribution in [-0.4, -0.2) is 28.3 Å². The summed E-state index contributed by atoms with van der Waals surface area (Å²) in [6, 6.07) is 7.87. The molecule has 3 rings (SSSR count). The average molecular weight is 331 g/mol. The number of thioether (sulfide) groups is 1. The van der Waals surface area contributed by atoms with E-state index in [1.54, 1.807) is 7.11 Å². The molecule has 1 saturated carbocycles. The number of hydrogen-bond acceptors (Lipinski definition) is 4. The molecule has 0 aliphatic heterocycles. The maximum absolute atomic E-state index is 12.1. The third kappa shape index (κ3) is 4.07. The number of anilines is 1. The molecule has 1 aliphatic carbocycles. The van der Waals surface area contributed by atoms with Crippen molar-refractivity contribution < 1.29 is 9.53 Å². The molecule has 0 radical (unpaired) electrons. The Balaban J connectivity index is 1.53. The van der Waals surface area contributed by atoms with Crippen molar-refractivity contribution in [1.29, 1.82) is 0 Å². The summed E-state index contributed by atoms with van der Waals surface area (Å²) in [7, 11) is 1.62. The first kappa shape index (κ1) is 15.9. The number of benzene rings is 1. The molecule has 0 atom stereocenters. The van der Waals surface area contributed by atoms with Crippen molar-refractivity contribution in [3.05, 3.63) is 36.7 Å². The normalized spacial score (nSPS) is 14.8. The lowest BCUT2D eigenvalue weighted by Gasteiger charge is -2.14. The molecule has 1 aliphatic rings. The van der Waals surface area contributed by atoms with Crippen molar-refractivity contribution in [2.75, 3.05) is 18.2 Å². The molecule has 23 heavy (non-hydrogen) atoms. The summed E-state index contributed by atoms with van der Waals surface area (Å²) in [5.74, 6) is 1.10. The Morgan fingerprint density at radius 3 is 2.78 bits per heavy atom. The summed E-state index contributed by atoms with van der Waals surface area (Å²) < 4.78 is 7.33. The molecule has 6 heteroatoms. The number of ether oxygens (including phenoxy) is 1. The van der Waals surface area contributed by atoms with E-state index >= 15 is 0 Å². The molecular formula is C17H21N3O2S. The predicted octanol–water partition coefficient (Wildman–Crippen LogP) is 3.74. The van der Waals surface area contributed by atoms with Crippen molar-refractivity contribution >= 4 is 23.4 Å². The van der Waals surface area contributed by atoms with Gasteiger partial charge in [-0.05, 0) is 37.1 Å². The van der Waals surface area contributed by atoms with E-state index in [0.29, 0.717) is 11.8 Å². The van der Waals surface area contributed by atoms with Crippen LogP contribution in [0.25, 0.3) is 0 Å². The molecule has 5 nitrogen and oxygen atoms in total. The summed E-state index contributed by atoms with van der Waals surface area (Å²) in [4.78, 5) is 16.5. The highest BCUT2D eigenvalue weighted by atomic mass is 32.2. The molecule has 1 aromatic heterocycles. The van der Waals surface area contributed by atoms with Crippen LogP contribution in [0.2, 0.25) is 0 Å². The summed E-state index contributed by atoms with van der Waals surface area (Å²) in [6.07, 6.45) is 8.83. The fraction of sp³-hybridized carbons (Fsp3) is 0.412. The zero-order valence-electron chi connectivity index (χ0n) is 13.2. The van der Waals surface area contributed by atoms with Gasteiger partial charge in [0.1, 0.15) is 5.75 Å². The Morgan fingerprint density at radius 2 is 2.09 bits per heavy atom. The highest BCUT2D eigenvalue weighted by molar-refractivity contribution is 7.99. The smallest absolute Gasteiger partial charge is 0.234 e. The monoisotopic (exact) mass is 331 g/mol. The molecule has 1 amide bonds. The van der Waals surface area contributed by atoms with Crippen LogP contribution >= 0.6 is 11.8 Å². The average Bonchev–Trinajstić information content (AvgIpc) is 3.24. The molecule has 2 aromatic rings. The van der Waals surface area contributed by atoms with E-state index in [1.165, 1.54) is 37.4 Å². The fourth-order valence-corrected chi connectivity index (χ4v) is 3.70. The van der Waals surface area contributed by atoms with E-state index in [9.17, 15) is 4.79 Å². The van der Waals surface area contributed by atoms with Crippen LogP contribution in [0.5, 0.6) is 5.75 Å². The van der Waals surface area contributed by atoms with Gasteiger partial charge in [0.15, 0.2) is 5.16 Å². The fourth-order valence-electron chi connectivity index (χ4n) is 2.87. The largest absolute Gasteiger partial charge is 0.497 e. The van der Waals surface area contributed by atoms with E-state index < -0.39 is 0 Å². The van der Waals surface area contributed by atoms with Crippen molar-refractivity contribution in [2.45, 2.75) is 36.9 Å². The van der Waals surface area contributed by atoms with E-state index in [2.05, 4.69) is 14.9 Å². The van der Waals surface area contributed by atoms with Gasteiger partial charge in [0.2, 0.25) is 5.91 Å². The third-order valence-electron chi connectivity index (χ3n) is 4.06. The van der Waals surface area contributed by atoms with Crippen molar-refractivity contribution in [2.24, 2.45) is 0 Å². The molecule has 0 spiro atoms. The second kappa shape index (κ2) is 7.55. The lowest BCUT2D eigenvalue weighted by atomic mass is 10.2.